The van der Waals surface area contributed by atoms with E-state index >= 15 is 0 Å². The number of nitrogens with two attached hydrogens (primary N) is 1. The quantitative estimate of drug-likeness (QED) is 0.767. The molecule has 0 atom stereocenters. The molecule has 84 valence electrons. The number of nitrogen functional groups attached to an aromatic ring is 1. The van der Waals surface area contributed by atoms with Gasteiger partial charge in [-0.3, -0.25) is 4.68 Å². The number of rotatable bonds is 1. The minimum absolute atomic E-state index is 0.309. The molecule has 0 bridgehead atoms. The lowest BCUT2D eigenvalue weighted by atomic mass is 9.98. The van der Waals surface area contributed by atoms with Crippen molar-refractivity contribution in [3.05, 3.63) is 29.5 Å². The molecular formula is C12H15N3O. The van der Waals surface area contributed by atoms with Gasteiger partial charge in [0.2, 0.25) is 0 Å². The Bertz CT molecular complexity index is 543. The van der Waals surface area contributed by atoms with Crippen LogP contribution in [0, 0.1) is 13.8 Å². The van der Waals surface area contributed by atoms with Crippen LogP contribution in [0.15, 0.2) is 18.3 Å². The van der Waals surface area contributed by atoms with E-state index in [0.717, 1.165) is 22.3 Å². The zero-order chi connectivity index (χ0) is 11.9. The van der Waals surface area contributed by atoms with Gasteiger partial charge < -0.3 is 10.8 Å². The second-order valence-electron chi connectivity index (χ2n) is 3.95. The molecule has 1 heterocycles. The molecular weight excluding hydrogens is 202 g/mol. The van der Waals surface area contributed by atoms with E-state index in [4.69, 9.17) is 5.73 Å². The third kappa shape index (κ3) is 1.43. The highest BCUT2D eigenvalue weighted by Crippen LogP contribution is 2.32. The summed E-state index contributed by atoms with van der Waals surface area (Å²) in [6, 6.07) is 3.55. The van der Waals surface area contributed by atoms with Gasteiger partial charge in [0.05, 0.1) is 6.20 Å². The minimum Gasteiger partial charge on any atom is -0.508 e. The number of benzene rings is 1. The lowest BCUT2D eigenvalue weighted by Gasteiger charge is -2.09. The molecule has 0 aliphatic heterocycles. The second-order valence-corrected chi connectivity index (χ2v) is 3.95. The zero-order valence-electron chi connectivity index (χ0n) is 9.65. The third-order valence-electron chi connectivity index (χ3n) is 3.03. The molecule has 0 saturated heterocycles. The first-order valence-electron chi connectivity index (χ1n) is 5.09. The van der Waals surface area contributed by atoms with Gasteiger partial charge in [-0.2, -0.15) is 5.10 Å². The second kappa shape index (κ2) is 3.56. The normalized spacial score (nSPS) is 10.7. The fourth-order valence-electron chi connectivity index (χ4n) is 1.75. The highest BCUT2D eigenvalue weighted by atomic mass is 16.3. The predicted molar refractivity (Wildman–Crippen MR) is 64.2 cm³/mol. The Morgan fingerprint density at radius 3 is 2.44 bits per heavy atom. The SMILES string of the molecule is Cc1c(O)ccc(-c2cnn(C)c2N)c1C. The molecule has 2 aromatic rings. The molecule has 4 nitrogen and oxygen atoms in total. The Labute approximate surface area is 94.3 Å². The maximum Gasteiger partial charge on any atom is 0.129 e. The Hall–Kier alpha value is -1.97. The molecule has 1 aromatic heterocycles. The molecule has 0 fully saturated rings. The summed E-state index contributed by atoms with van der Waals surface area (Å²) >= 11 is 0. The van der Waals surface area contributed by atoms with Crippen LogP contribution in [0.1, 0.15) is 11.1 Å². The van der Waals surface area contributed by atoms with Gasteiger partial charge in [-0.15, -0.1) is 0 Å². The Morgan fingerprint density at radius 1 is 1.19 bits per heavy atom. The molecule has 0 saturated carbocycles. The van der Waals surface area contributed by atoms with Crippen molar-refractivity contribution in [1.82, 2.24) is 9.78 Å². The number of hydrogen-bond donors (Lipinski definition) is 2. The summed E-state index contributed by atoms with van der Waals surface area (Å²) in [5, 5.41) is 13.7. The molecule has 0 amide bonds. The number of anilines is 1. The average Bonchev–Trinajstić information content (AvgIpc) is 2.58. The van der Waals surface area contributed by atoms with Crippen molar-refractivity contribution >= 4 is 5.82 Å². The summed E-state index contributed by atoms with van der Waals surface area (Å²) in [6.07, 6.45) is 1.74. The monoisotopic (exact) mass is 217 g/mol. The van der Waals surface area contributed by atoms with Gasteiger partial charge in [-0.25, -0.2) is 0 Å². The number of aromatic hydroxyl groups is 1. The van der Waals surface area contributed by atoms with Gasteiger partial charge >= 0.3 is 0 Å². The van der Waals surface area contributed by atoms with Crippen molar-refractivity contribution in [1.29, 1.82) is 0 Å². The molecule has 16 heavy (non-hydrogen) atoms. The van der Waals surface area contributed by atoms with E-state index in [-0.39, 0.29) is 0 Å². The van der Waals surface area contributed by atoms with E-state index in [1.807, 2.05) is 19.9 Å². The standard InChI is InChI=1S/C12H15N3O/c1-7-8(2)11(16)5-4-9(7)10-6-14-15(3)12(10)13/h4-6,16H,13H2,1-3H3. The maximum absolute atomic E-state index is 9.59. The summed E-state index contributed by atoms with van der Waals surface area (Å²) in [5.74, 6) is 0.942. The van der Waals surface area contributed by atoms with Crippen LogP contribution in [0.4, 0.5) is 5.82 Å². The van der Waals surface area contributed by atoms with Crippen LogP contribution in [0.5, 0.6) is 5.75 Å². The number of aromatic nitrogens is 2. The summed E-state index contributed by atoms with van der Waals surface area (Å²) < 4.78 is 1.64. The van der Waals surface area contributed by atoms with Crippen LogP contribution in [-0.4, -0.2) is 14.9 Å². The molecule has 0 aliphatic rings. The Kier molecular flexibility index (Phi) is 2.34. The van der Waals surface area contributed by atoms with Gasteiger partial charge in [0, 0.05) is 12.6 Å². The van der Waals surface area contributed by atoms with Crippen molar-refractivity contribution < 1.29 is 5.11 Å². The van der Waals surface area contributed by atoms with E-state index in [2.05, 4.69) is 5.10 Å². The first-order chi connectivity index (χ1) is 7.52. The lowest BCUT2D eigenvalue weighted by molar-refractivity contribution is 0.470. The number of hydrogen-bond acceptors (Lipinski definition) is 3. The highest BCUT2D eigenvalue weighted by molar-refractivity contribution is 5.77. The first-order valence-corrected chi connectivity index (χ1v) is 5.09. The highest BCUT2D eigenvalue weighted by Gasteiger charge is 2.12. The Balaban J connectivity index is 2.66. The molecule has 2 rings (SSSR count). The van der Waals surface area contributed by atoms with Crippen LogP contribution in [0.25, 0.3) is 11.1 Å². The van der Waals surface area contributed by atoms with Gasteiger partial charge in [0.15, 0.2) is 0 Å². The number of phenols is 1. The fourth-order valence-corrected chi connectivity index (χ4v) is 1.75. The molecule has 0 spiro atoms. The molecule has 0 unspecified atom stereocenters. The van der Waals surface area contributed by atoms with Crippen LogP contribution < -0.4 is 5.73 Å². The zero-order valence-corrected chi connectivity index (χ0v) is 9.65. The van der Waals surface area contributed by atoms with Gasteiger partial charge in [-0.1, -0.05) is 6.07 Å². The average molecular weight is 217 g/mol. The van der Waals surface area contributed by atoms with E-state index < -0.39 is 0 Å². The molecule has 4 heteroatoms. The molecule has 1 aromatic carbocycles. The minimum atomic E-state index is 0.309. The van der Waals surface area contributed by atoms with Gasteiger partial charge in [-0.05, 0) is 36.6 Å². The summed E-state index contributed by atoms with van der Waals surface area (Å²) in [6.45, 7) is 3.86. The third-order valence-corrected chi connectivity index (χ3v) is 3.03. The van der Waals surface area contributed by atoms with E-state index in [1.165, 1.54) is 0 Å². The summed E-state index contributed by atoms with van der Waals surface area (Å²) in [5.41, 5.74) is 9.75. The number of aryl methyl sites for hydroxylation is 1. The van der Waals surface area contributed by atoms with Crippen molar-refractivity contribution in [2.24, 2.45) is 7.05 Å². The predicted octanol–water partition coefficient (Wildman–Crippen LogP) is 1.99. The van der Waals surface area contributed by atoms with E-state index in [0.29, 0.717) is 11.6 Å². The Morgan fingerprint density at radius 2 is 1.88 bits per heavy atom. The molecule has 0 radical (unpaired) electrons. The topological polar surface area (TPSA) is 64.1 Å². The van der Waals surface area contributed by atoms with Crippen molar-refractivity contribution in [3.63, 3.8) is 0 Å². The van der Waals surface area contributed by atoms with Crippen LogP contribution in [-0.2, 0) is 7.05 Å². The van der Waals surface area contributed by atoms with E-state index in [9.17, 15) is 5.11 Å². The molecule has 0 aliphatic carbocycles. The van der Waals surface area contributed by atoms with Crippen molar-refractivity contribution in [3.8, 4) is 16.9 Å². The van der Waals surface area contributed by atoms with Gasteiger partial charge in [0.1, 0.15) is 11.6 Å². The summed E-state index contributed by atoms with van der Waals surface area (Å²) in [7, 11) is 1.81. The smallest absolute Gasteiger partial charge is 0.129 e. The van der Waals surface area contributed by atoms with Crippen LogP contribution in [0.3, 0.4) is 0 Å². The van der Waals surface area contributed by atoms with Crippen LogP contribution >= 0.6 is 0 Å². The molecule has 3 N–H and O–H groups in total. The van der Waals surface area contributed by atoms with Crippen molar-refractivity contribution in [2.75, 3.05) is 5.73 Å². The van der Waals surface area contributed by atoms with Crippen LogP contribution in [0.2, 0.25) is 0 Å². The first kappa shape index (κ1) is 10.5. The number of phenolic OH excluding ortho intramolecular Hbond substituents is 1. The lowest BCUT2D eigenvalue weighted by Crippen LogP contribution is -1.98. The van der Waals surface area contributed by atoms with Crippen molar-refractivity contribution in [2.45, 2.75) is 13.8 Å². The van der Waals surface area contributed by atoms with E-state index in [1.54, 1.807) is 24.0 Å². The fraction of sp³-hybridized carbons (Fsp3) is 0.250. The largest absolute Gasteiger partial charge is 0.508 e. The van der Waals surface area contributed by atoms with Gasteiger partial charge in [0.25, 0.3) is 0 Å². The number of nitrogens with zero attached hydrogens (tertiary/aromatic N) is 2. The maximum atomic E-state index is 9.59. The summed E-state index contributed by atoms with van der Waals surface area (Å²) in [4.78, 5) is 0.